The van der Waals surface area contributed by atoms with E-state index in [2.05, 4.69) is 51.8 Å². The molecule has 1 aromatic carbocycles. The minimum absolute atomic E-state index is 0.0138. The molecule has 2 atom stereocenters. The van der Waals surface area contributed by atoms with Crippen molar-refractivity contribution in [2.45, 2.75) is 52.7 Å². The smallest absolute Gasteiger partial charge is 0.331 e. The van der Waals surface area contributed by atoms with Crippen molar-refractivity contribution in [3.63, 3.8) is 0 Å². The fourth-order valence-corrected chi connectivity index (χ4v) is 6.37. The van der Waals surface area contributed by atoms with Gasteiger partial charge in [0.25, 0.3) is 0 Å². The maximum atomic E-state index is 12.2. The van der Waals surface area contributed by atoms with Gasteiger partial charge in [-0.05, 0) is 60.4 Å². The molecule has 2 bridgehead atoms. The summed E-state index contributed by atoms with van der Waals surface area (Å²) in [6.07, 6.45) is 4.97. The first-order chi connectivity index (χ1) is 15.1. The summed E-state index contributed by atoms with van der Waals surface area (Å²) in [5.41, 5.74) is 1.77. The van der Waals surface area contributed by atoms with Crippen LogP contribution in [0.4, 0.5) is 5.69 Å². The number of benzene rings is 1. The van der Waals surface area contributed by atoms with Crippen molar-refractivity contribution in [3.8, 4) is 5.88 Å². The highest BCUT2D eigenvalue weighted by atomic mass is 79.9. The van der Waals surface area contributed by atoms with E-state index in [1.165, 1.54) is 25.2 Å². The number of aromatic nitrogens is 1. The highest BCUT2D eigenvalue weighted by Gasteiger charge is 2.49. The number of fused-ring (bicyclic) bond motifs is 3. The van der Waals surface area contributed by atoms with E-state index in [0.29, 0.717) is 23.5 Å². The topological polar surface area (TPSA) is 83.3 Å². The molecule has 3 heterocycles. The molecule has 3 aromatic rings. The molecule has 0 spiro atoms. The Morgan fingerprint density at radius 1 is 1.28 bits per heavy atom. The number of azo groups is 1. The van der Waals surface area contributed by atoms with Gasteiger partial charge in [-0.1, -0.05) is 36.7 Å². The summed E-state index contributed by atoms with van der Waals surface area (Å²) in [6.45, 7) is 8.67. The summed E-state index contributed by atoms with van der Waals surface area (Å²) in [6, 6.07) is 9.44. The molecule has 2 fully saturated rings. The van der Waals surface area contributed by atoms with E-state index in [0.717, 1.165) is 28.3 Å². The van der Waals surface area contributed by atoms with Gasteiger partial charge in [0.15, 0.2) is 11.4 Å². The monoisotopic (exact) mass is 498 g/mol. The van der Waals surface area contributed by atoms with Crippen LogP contribution in [0.2, 0.25) is 0 Å². The van der Waals surface area contributed by atoms with Gasteiger partial charge >= 0.3 is 5.91 Å². The summed E-state index contributed by atoms with van der Waals surface area (Å²) >= 11 is 3.50. The van der Waals surface area contributed by atoms with E-state index >= 15 is 0 Å². The van der Waals surface area contributed by atoms with Crippen molar-refractivity contribution in [3.05, 3.63) is 46.8 Å². The van der Waals surface area contributed by atoms with Gasteiger partial charge in [0.05, 0.1) is 18.4 Å². The molecule has 1 saturated carbocycles. The normalized spacial score (nSPS) is 25.2. The van der Waals surface area contributed by atoms with Crippen LogP contribution in [-0.2, 0) is 6.67 Å². The van der Waals surface area contributed by atoms with Gasteiger partial charge in [-0.3, -0.25) is 14.3 Å². The zero-order valence-electron chi connectivity index (χ0n) is 18.5. The molecule has 168 valence electrons. The largest absolute Gasteiger partial charge is 0.493 e. The van der Waals surface area contributed by atoms with Crippen molar-refractivity contribution in [1.29, 1.82) is 0 Å². The number of carbonyl (C=O) groups excluding carboxylic acids is 1. The third kappa shape index (κ3) is 3.79. The molecule has 2 aliphatic rings. The number of aromatic hydroxyl groups is 1. The van der Waals surface area contributed by atoms with Crippen LogP contribution in [0.25, 0.3) is 10.9 Å². The van der Waals surface area contributed by atoms with Gasteiger partial charge in [0, 0.05) is 22.4 Å². The second kappa shape index (κ2) is 7.56. The summed E-state index contributed by atoms with van der Waals surface area (Å²) < 4.78 is 7.84. The van der Waals surface area contributed by atoms with Crippen LogP contribution in [0.15, 0.2) is 55.7 Å². The third-order valence-electron chi connectivity index (χ3n) is 6.79. The highest BCUT2D eigenvalue weighted by molar-refractivity contribution is 9.10. The van der Waals surface area contributed by atoms with Crippen LogP contribution in [0.5, 0.6) is 5.88 Å². The summed E-state index contributed by atoms with van der Waals surface area (Å²) in [7, 11) is 0. The van der Waals surface area contributed by atoms with E-state index in [1.54, 1.807) is 6.07 Å². The molecule has 1 aliphatic heterocycles. The minimum atomic E-state index is -0.589. The Kier molecular flexibility index (Phi) is 5.05. The maximum Gasteiger partial charge on any atom is 0.331 e. The second-order valence-corrected chi connectivity index (χ2v) is 11.3. The number of amides is 1. The average Bonchev–Trinajstić information content (AvgIpc) is 3.37. The zero-order valence-corrected chi connectivity index (χ0v) is 20.1. The fraction of sp³-hybridized carbons (Fsp3) is 0.458. The molecule has 8 heteroatoms. The average molecular weight is 499 g/mol. The Morgan fingerprint density at radius 2 is 2.09 bits per heavy atom. The van der Waals surface area contributed by atoms with Crippen LogP contribution in [-0.4, -0.2) is 33.1 Å². The Morgan fingerprint density at radius 3 is 2.84 bits per heavy atom. The Hall–Kier alpha value is -2.45. The minimum Gasteiger partial charge on any atom is -0.493 e. The van der Waals surface area contributed by atoms with E-state index in [-0.39, 0.29) is 17.3 Å². The van der Waals surface area contributed by atoms with Crippen molar-refractivity contribution in [1.82, 2.24) is 9.47 Å². The first kappa shape index (κ1) is 21.4. The molecule has 1 saturated heterocycles. The first-order valence-corrected chi connectivity index (χ1v) is 11.7. The highest BCUT2D eigenvalue weighted by Crippen LogP contribution is 2.53. The number of rotatable bonds is 4. The molecule has 7 nitrogen and oxygen atoms in total. The lowest BCUT2D eigenvalue weighted by Gasteiger charge is -2.40. The maximum absolute atomic E-state index is 12.2. The molecular weight excluding hydrogens is 472 g/mol. The quantitative estimate of drug-likeness (QED) is 0.416. The van der Waals surface area contributed by atoms with Crippen LogP contribution in [0, 0.1) is 10.8 Å². The van der Waals surface area contributed by atoms with E-state index in [4.69, 9.17) is 4.42 Å². The molecule has 1 N–H and O–H groups in total. The number of carbonyl (C=O) groups is 1. The van der Waals surface area contributed by atoms with Gasteiger partial charge < -0.3 is 9.52 Å². The molecule has 1 amide bonds. The Labute approximate surface area is 195 Å². The standard InChI is InChI=1S/C24H27BrN4O3/c1-23(2)10-16-11-24(3,12-23)13-28(16)14-29-18-7-6-15(25)9-17(18)20(22(29)31)26-27-21(30)19-5-4-8-32-19/h4-9,16,31H,10-14H2,1-3H3/t16?,24-/m1/s1. The van der Waals surface area contributed by atoms with Crippen molar-refractivity contribution < 1.29 is 14.3 Å². The molecule has 2 aromatic heterocycles. The summed E-state index contributed by atoms with van der Waals surface area (Å²) in [5.74, 6) is -0.466. The number of halogens is 1. The lowest BCUT2D eigenvalue weighted by atomic mass is 9.65. The lowest BCUT2D eigenvalue weighted by Crippen LogP contribution is -2.35. The fourth-order valence-electron chi connectivity index (χ4n) is 6.01. The van der Waals surface area contributed by atoms with Gasteiger partial charge in [-0.2, -0.15) is 0 Å². The summed E-state index contributed by atoms with van der Waals surface area (Å²) in [5, 5.41) is 19.8. The zero-order chi connectivity index (χ0) is 22.7. The number of likely N-dealkylation sites (tertiary alicyclic amines) is 1. The number of nitrogens with zero attached hydrogens (tertiary/aromatic N) is 4. The third-order valence-corrected chi connectivity index (χ3v) is 7.28. The molecule has 5 rings (SSSR count). The van der Waals surface area contributed by atoms with Gasteiger partial charge in [-0.25, -0.2) is 0 Å². The molecule has 32 heavy (non-hydrogen) atoms. The SMILES string of the molecule is CC1(C)CC2C[C@@](C)(CN2Cn2c(O)c(N=NC(=O)c3ccco3)c3cc(Br)ccc32)C1. The molecule has 1 unspecified atom stereocenters. The van der Waals surface area contributed by atoms with E-state index < -0.39 is 5.91 Å². The predicted octanol–water partition coefficient (Wildman–Crippen LogP) is 6.48. The van der Waals surface area contributed by atoms with Crippen LogP contribution in [0.3, 0.4) is 0 Å². The van der Waals surface area contributed by atoms with Gasteiger partial charge in [-0.15, -0.1) is 10.2 Å². The van der Waals surface area contributed by atoms with Crippen molar-refractivity contribution in [2.24, 2.45) is 21.1 Å². The summed E-state index contributed by atoms with van der Waals surface area (Å²) in [4.78, 5) is 14.7. The van der Waals surface area contributed by atoms with E-state index in [1.807, 2.05) is 22.8 Å². The second-order valence-electron chi connectivity index (χ2n) is 10.3. The van der Waals surface area contributed by atoms with Crippen molar-refractivity contribution >= 4 is 38.4 Å². The molecular formula is C24H27BrN4O3. The van der Waals surface area contributed by atoms with Gasteiger partial charge in [0.2, 0.25) is 5.88 Å². The van der Waals surface area contributed by atoms with Crippen LogP contribution < -0.4 is 0 Å². The number of hydrogen-bond acceptors (Lipinski definition) is 5. The van der Waals surface area contributed by atoms with Crippen molar-refractivity contribution in [2.75, 3.05) is 6.54 Å². The first-order valence-electron chi connectivity index (χ1n) is 10.9. The van der Waals surface area contributed by atoms with E-state index in [9.17, 15) is 9.90 Å². The Bertz CT molecular complexity index is 1210. The van der Waals surface area contributed by atoms with Crippen LogP contribution in [0.1, 0.15) is 50.6 Å². The Balaban J connectivity index is 1.50. The molecule has 0 radical (unpaired) electrons. The molecule has 1 aliphatic carbocycles. The number of furan rings is 1. The lowest BCUT2D eigenvalue weighted by molar-refractivity contribution is 0.0968. The number of hydrogen-bond donors (Lipinski definition) is 1. The van der Waals surface area contributed by atoms with Crippen LogP contribution >= 0.6 is 15.9 Å². The predicted molar refractivity (Wildman–Crippen MR) is 125 cm³/mol. The van der Waals surface area contributed by atoms with Gasteiger partial charge in [0.1, 0.15) is 0 Å².